The van der Waals surface area contributed by atoms with E-state index >= 15 is 0 Å². The zero-order valence-electron chi connectivity index (χ0n) is 23.7. The zero-order valence-corrected chi connectivity index (χ0v) is 23.7. The summed E-state index contributed by atoms with van der Waals surface area (Å²) >= 11 is 0. The Morgan fingerprint density at radius 3 is 2.29 bits per heavy atom. The maximum atomic E-state index is 13.3. The highest BCUT2D eigenvalue weighted by Crippen LogP contribution is 2.36. The minimum Gasteiger partial charge on any atom is -0.349 e. The molecule has 38 heavy (non-hydrogen) atoms. The molecular formula is C32H48N4O2. The lowest BCUT2D eigenvalue weighted by Crippen LogP contribution is -2.51. The molecular weight excluding hydrogens is 472 g/mol. The minimum absolute atomic E-state index is 0.00565. The fourth-order valence-electron chi connectivity index (χ4n) is 7.32. The lowest BCUT2D eigenvalue weighted by Gasteiger charge is -2.39. The summed E-state index contributed by atoms with van der Waals surface area (Å²) in [5.41, 5.74) is 0.970. The maximum absolute atomic E-state index is 13.3. The third kappa shape index (κ3) is 6.34. The second-order valence-electron chi connectivity index (χ2n) is 12.3. The molecule has 1 unspecified atom stereocenters. The number of nitrogens with zero attached hydrogens (tertiary/aromatic N) is 3. The van der Waals surface area contributed by atoms with Crippen molar-refractivity contribution in [1.82, 2.24) is 19.7 Å². The molecule has 1 amide bonds. The van der Waals surface area contributed by atoms with Crippen molar-refractivity contribution >= 4 is 16.8 Å². The molecule has 2 bridgehead atoms. The van der Waals surface area contributed by atoms with Crippen molar-refractivity contribution in [2.75, 3.05) is 26.2 Å². The van der Waals surface area contributed by atoms with Gasteiger partial charge in [0.1, 0.15) is 5.56 Å². The van der Waals surface area contributed by atoms with Gasteiger partial charge in [0.2, 0.25) is 0 Å². The van der Waals surface area contributed by atoms with Gasteiger partial charge in [0.25, 0.3) is 11.5 Å². The van der Waals surface area contributed by atoms with Crippen LogP contribution in [0.3, 0.4) is 0 Å². The van der Waals surface area contributed by atoms with E-state index in [9.17, 15) is 9.59 Å². The van der Waals surface area contributed by atoms with E-state index < -0.39 is 0 Å². The van der Waals surface area contributed by atoms with E-state index in [-0.39, 0.29) is 29.1 Å². The van der Waals surface area contributed by atoms with Crippen LogP contribution in [0.5, 0.6) is 0 Å². The number of aromatic nitrogens is 1. The largest absolute Gasteiger partial charge is 0.349 e. The van der Waals surface area contributed by atoms with E-state index in [4.69, 9.17) is 0 Å². The third-order valence-corrected chi connectivity index (χ3v) is 9.27. The molecule has 4 heterocycles. The molecule has 0 aliphatic carbocycles. The van der Waals surface area contributed by atoms with Crippen LogP contribution < -0.4 is 10.9 Å². The highest BCUT2D eigenvalue weighted by atomic mass is 16.2. The van der Waals surface area contributed by atoms with Crippen LogP contribution in [0, 0.1) is 0 Å². The molecule has 3 aliphatic rings. The fourth-order valence-corrected chi connectivity index (χ4v) is 7.32. The summed E-state index contributed by atoms with van der Waals surface area (Å²) in [4.78, 5) is 32.0. The number of para-hydroxylation sites is 1. The molecule has 1 N–H and O–H groups in total. The van der Waals surface area contributed by atoms with Gasteiger partial charge in [-0.05, 0) is 109 Å². The highest BCUT2D eigenvalue weighted by Gasteiger charge is 2.40. The molecule has 2 aromatic rings. The van der Waals surface area contributed by atoms with Crippen molar-refractivity contribution in [3.8, 4) is 0 Å². The van der Waals surface area contributed by atoms with E-state index in [1.54, 1.807) is 10.6 Å². The van der Waals surface area contributed by atoms with E-state index in [0.29, 0.717) is 12.1 Å². The van der Waals surface area contributed by atoms with Gasteiger partial charge < -0.3 is 14.8 Å². The van der Waals surface area contributed by atoms with E-state index in [1.807, 2.05) is 38.1 Å². The van der Waals surface area contributed by atoms with Gasteiger partial charge in [-0.2, -0.15) is 0 Å². The van der Waals surface area contributed by atoms with Gasteiger partial charge in [-0.25, -0.2) is 0 Å². The number of nitrogens with one attached hydrogen (secondary N) is 1. The molecule has 6 nitrogen and oxygen atoms in total. The molecule has 3 atom stereocenters. The molecule has 0 radical (unpaired) electrons. The number of hydrogen-bond acceptors (Lipinski definition) is 4. The molecule has 3 aliphatic heterocycles. The Hall–Kier alpha value is -2.18. The first-order valence-electron chi connectivity index (χ1n) is 15.4. The van der Waals surface area contributed by atoms with Gasteiger partial charge in [-0.3, -0.25) is 14.5 Å². The van der Waals surface area contributed by atoms with Gasteiger partial charge in [0.05, 0.1) is 5.52 Å². The maximum Gasteiger partial charge on any atom is 0.264 e. The SMILES string of the molecule is CC(C)n1c(=O)c(C(=O)NC2C[C@H]3CC[C@@H](C2)N3CCCCCCCN2CCCCC2)cc2ccccc21. The van der Waals surface area contributed by atoms with Crippen molar-refractivity contribution in [1.29, 1.82) is 0 Å². The van der Waals surface area contributed by atoms with Crippen LogP contribution in [0.1, 0.15) is 107 Å². The van der Waals surface area contributed by atoms with Crippen LogP contribution in [0.15, 0.2) is 35.1 Å². The van der Waals surface area contributed by atoms with Crippen molar-refractivity contribution in [2.45, 2.75) is 115 Å². The van der Waals surface area contributed by atoms with Crippen LogP contribution >= 0.6 is 0 Å². The molecule has 1 aromatic heterocycles. The van der Waals surface area contributed by atoms with Crippen LogP contribution in [0.4, 0.5) is 0 Å². The van der Waals surface area contributed by atoms with E-state index in [0.717, 1.165) is 23.7 Å². The van der Waals surface area contributed by atoms with Crippen LogP contribution in [0.25, 0.3) is 10.9 Å². The third-order valence-electron chi connectivity index (χ3n) is 9.27. The van der Waals surface area contributed by atoms with E-state index in [2.05, 4.69) is 15.1 Å². The molecule has 3 fully saturated rings. The number of likely N-dealkylation sites (tertiary alicyclic amines) is 1. The summed E-state index contributed by atoms with van der Waals surface area (Å²) in [6.45, 7) is 9.13. The number of carbonyl (C=O) groups excluding carboxylic acids is 1. The Labute approximate surface area is 228 Å². The van der Waals surface area contributed by atoms with Crippen LogP contribution in [0.2, 0.25) is 0 Å². The normalized spacial score (nSPS) is 24.3. The summed E-state index contributed by atoms with van der Waals surface area (Å²) < 4.78 is 1.75. The minimum atomic E-state index is -0.211. The van der Waals surface area contributed by atoms with Gasteiger partial charge >= 0.3 is 0 Å². The predicted octanol–water partition coefficient (Wildman–Crippen LogP) is 5.74. The van der Waals surface area contributed by atoms with Crippen molar-refractivity contribution < 1.29 is 4.79 Å². The lowest BCUT2D eigenvalue weighted by molar-refractivity contribution is 0.0839. The summed E-state index contributed by atoms with van der Waals surface area (Å²) in [6.07, 6.45) is 15.4. The molecule has 0 saturated carbocycles. The fraction of sp³-hybridized carbons (Fsp3) is 0.688. The van der Waals surface area contributed by atoms with Gasteiger partial charge in [-0.15, -0.1) is 0 Å². The number of pyridine rings is 1. The molecule has 208 valence electrons. The second-order valence-corrected chi connectivity index (χ2v) is 12.3. The summed E-state index contributed by atoms with van der Waals surface area (Å²) in [7, 11) is 0. The van der Waals surface area contributed by atoms with Crippen molar-refractivity contribution in [3.05, 3.63) is 46.2 Å². The Morgan fingerprint density at radius 2 is 1.58 bits per heavy atom. The van der Waals surface area contributed by atoms with Gasteiger partial charge in [0.15, 0.2) is 0 Å². The Bertz CT molecular complexity index is 1120. The van der Waals surface area contributed by atoms with Crippen molar-refractivity contribution in [3.63, 3.8) is 0 Å². The number of fused-ring (bicyclic) bond motifs is 3. The highest BCUT2D eigenvalue weighted by molar-refractivity contribution is 5.97. The number of piperidine rings is 2. The zero-order chi connectivity index (χ0) is 26.5. The van der Waals surface area contributed by atoms with Gasteiger partial charge in [0, 0.05) is 24.2 Å². The molecule has 1 aromatic carbocycles. The lowest BCUT2D eigenvalue weighted by atomic mass is 9.96. The summed E-state index contributed by atoms with van der Waals surface area (Å²) in [5, 5.41) is 4.20. The molecule has 5 rings (SSSR count). The number of rotatable bonds is 11. The Kier molecular flexibility index (Phi) is 9.21. The quantitative estimate of drug-likeness (QED) is 0.384. The number of benzene rings is 1. The smallest absolute Gasteiger partial charge is 0.264 e. The topological polar surface area (TPSA) is 57.6 Å². The summed E-state index contributed by atoms with van der Waals surface area (Å²) in [6, 6.07) is 10.9. The first-order valence-corrected chi connectivity index (χ1v) is 15.4. The Morgan fingerprint density at radius 1 is 0.921 bits per heavy atom. The van der Waals surface area contributed by atoms with Crippen molar-refractivity contribution in [2.24, 2.45) is 0 Å². The summed E-state index contributed by atoms with van der Waals surface area (Å²) in [5.74, 6) is -0.211. The number of unbranched alkanes of at least 4 members (excludes halogenated alkanes) is 4. The molecule has 6 heteroatoms. The average Bonchev–Trinajstić information content (AvgIpc) is 3.15. The number of carbonyl (C=O) groups is 1. The van der Waals surface area contributed by atoms with E-state index in [1.165, 1.54) is 90.4 Å². The first-order chi connectivity index (χ1) is 18.5. The standard InChI is InChI=1S/C32H48N4O2/c1-24(2)36-30-14-8-7-13-25(30)21-29(32(36)38)31(37)33-26-22-27-15-16-28(23-26)35(27)20-12-5-3-4-9-17-34-18-10-6-11-19-34/h7-8,13-14,21,24,26-28H,3-6,9-12,15-20,22-23H2,1-2H3,(H,33,37)/t26?,27-,28+. The first kappa shape index (κ1) is 27.4. The average molecular weight is 521 g/mol. The monoisotopic (exact) mass is 520 g/mol. The molecule has 3 saturated heterocycles. The van der Waals surface area contributed by atoms with Crippen LogP contribution in [-0.4, -0.2) is 64.6 Å². The number of hydrogen-bond donors (Lipinski definition) is 1. The number of amides is 1. The Balaban J connectivity index is 1.09. The predicted molar refractivity (Wildman–Crippen MR) is 156 cm³/mol. The van der Waals surface area contributed by atoms with Crippen LogP contribution in [-0.2, 0) is 0 Å². The van der Waals surface area contributed by atoms with Gasteiger partial charge in [-0.1, -0.05) is 43.9 Å². The molecule has 0 spiro atoms. The second kappa shape index (κ2) is 12.8.